The van der Waals surface area contributed by atoms with Gasteiger partial charge in [-0.25, -0.2) is 0 Å². The zero-order valence-electron chi connectivity index (χ0n) is 11.5. The largest absolute Gasteiger partial charge is 0.496 e. The van der Waals surface area contributed by atoms with Crippen molar-refractivity contribution in [2.24, 2.45) is 11.3 Å². The van der Waals surface area contributed by atoms with E-state index in [9.17, 15) is 4.79 Å². The van der Waals surface area contributed by atoms with Crippen molar-refractivity contribution >= 4 is 5.78 Å². The normalized spacial score (nSPS) is 22.5. The number of carbonyl (C=O) groups excluding carboxylic acids is 1. The van der Waals surface area contributed by atoms with Crippen molar-refractivity contribution in [3.8, 4) is 5.75 Å². The number of hydrogen-bond acceptors (Lipinski definition) is 2. The second kappa shape index (κ2) is 5.13. The standard InChI is InChI=1S/C16H22O2/c1-16(2)11-7-6-9-13(16)15(17)12-8-4-5-10-14(12)18-3/h4-5,8,10,13H,6-7,9,11H2,1-3H3. The van der Waals surface area contributed by atoms with Crippen LogP contribution in [-0.2, 0) is 0 Å². The molecule has 2 heteroatoms. The number of hydrogen-bond donors (Lipinski definition) is 0. The van der Waals surface area contributed by atoms with Gasteiger partial charge in [0.25, 0.3) is 0 Å². The molecule has 1 atom stereocenters. The number of Topliss-reactive ketones (excluding diaryl/α,β-unsaturated/α-hetero) is 1. The van der Waals surface area contributed by atoms with Crippen LogP contribution >= 0.6 is 0 Å². The van der Waals surface area contributed by atoms with Crippen molar-refractivity contribution in [1.29, 1.82) is 0 Å². The molecule has 1 saturated carbocycles. The van der Waals surface area contributed by atoms with Crippen LogP contribution in [0, 0.1) is 11.3 Å². The Morgan fingerprint density at radius 3 is 2.67 bits per heavy atom. The molecule has 0 spiro atoms. The van der Waals surface area contributed by atoms with Crippen LogP contribution in [0.4, 0.5) is 0 Å². The van der Waals surface area contributed by atoms with Gasteiger partial charge in [-0.05, 0) is 30.4 Å². The first-order chi connectivity index (χ1) is 8.56. The van der Waals surface area contributed by atoms with Crippen LogP contribution in [0.15, 0.2) is 24.3 Å². The van der Waals surface area contributed by atoms with Crippen molar-refractivity contribution in [2.45, 2.75) is 39.5 Å². The molecule has 0 aromatic heterocycles. The van der Waals surface area contributed by atoms with Gasteiger partial charge >= 0.3 is 0 Å². The Morgan fingerprint density at radius 1 is 1.28 bits per heavy atom. The molecule has 98 valence electrons. The molecule has 1 aromatic rings. The van der Waals surface area contributed by atoms with Gasteiger partial charge in [-0.1, -0.05) is 38.8 Å². The van der Waals surface area contributed by atoms with Gasteiger partial charge in [0.05, 0.1) is 12.7 Å². The lowest BCUT2D eigenvalue weighted by Gasteiger charge is -2.37. The molecule has 0 aliphatic heterocycles. The maximum absolute atomic E-state index is 12.7. The van der Waals surface area contributed by atoms with E-state index in [1.807, 2.05) is 24.3 Å². The minimum atomic E-state index is 0.107. The molecule has 0 amide bonds. The lowest BCUT2D eigenvalue weighted by atomic mass is 9.66. The van der Waals surface area contributed by atoms with E-state index in [4.69, 9.17) is 4.74 Å². The maximum Gasteiger partial charge on any atom is 0.170 e. The van der Waals surface area contributed by atoms with E-state index >= 15 is 0 Å². The molecule has 0 saturated heterocycles. The molecular formula is C16H22O2. The lowest BCUT2D eigenvalue weighted by Crippen LogP contribution is -2.34. The summed E-state index contributed by atoms with van der Waals surface area (Å²) < 4.78 is 5.30. The molecule has 0 heterocycles. The highest BCUT2D eigenvalue weighted by molar-refractivity contribution is 6.00. The van der Waals surface area contributed by atoms with E-state index in [1.54, 1.807) is 7.11 Å². The third-order valence-electron chi connectivity index (χ3n) is 4.20. The van der Waals surface area contributed by atoms with Crippen LogP contribution in [0.5, 0.6) is 5.75 Å². The Labute approximate surface area is 109 Å². The highest BCUT2D eigenvalue weighted by Gasteiger charge is 2.38. The molecule has 1 aromatic carbocycles. The van der Waals surface area contributed by atoms with Crippen LogP contribution in [-0.4, -0.2) is 12.9 Å². The SMILES string of the molecule is COc1ccccc1C(=O)C1CCCCC1(C)C. The maximum atomic E-state index is 12.7. The fourth-order valence-corrected chi connectivity index (χ4v) is 3.02. The minimum Gasteiger partial charge on any atom is -0.496 e. The number of ether oxygens (including phenoxy) is 1. The highest BCUT2D eigenvalue weighted by atomic mass is 16.5. The number of ketones is 1. The van der Waals surface area contributed by atoms with Crippen molar-refractivity contribution in [2.75, 3.05) is 7.11 Å². The zero-order valence-corrected chi connectivity index (χ0v) is 11.5. The smallest absolute Gasteiger partial charge is 0.170 e. The van der Waals surface area contributed by atoms with E-state index in [0.29, 0.717) is 5.75 Å². The second-order valence-corrected chi connectivity index (χ2v) is 5.85. The molecule has 18 heavy (non-hydrogen) atoms. The van der Waals surface area contributed by atoms with Gasteiger partial charge in [-0.15, -0.1) is 0 Å². The summed E-state index contributed by atoms with van der Waals surface area (Å²) in [6.45, 7) is 4.42. The third kappa shape index (κ3) is 2.43. The van der Waals surface area contributed by atoms with Gasteiger partial charge in [-0.2, -0.15) is 0 Å². The molecule has 1 fully saturated rings. The van der Waals surface area contributed by atoms with Gasteiger partial charge in [0.1, 0.15) is 5.75 Å². The quantitative estimate of drug-likeness (QED) is 0.751. The van der Waals surface area contributed by atoms with Gasteiger partial charge < -0.3 is 4.74 Å². The highest BCUT2D eigenvalue weighted by Crippen LogP contribution is 2.42. The summed E-state index contributed by atoms with van der Waals surface area (Å²) >= 11 is 0. The Kier molecular flexibility index (Phi) is 3.74. The van der Waals surface area contributed by atoms with E-state index in [2.05, 4.69) is 13.8 Å². The third-order valence-corrected chi connectivity index (χ3v) is 4.20. The summed E-state index contributed by atoms with van der Waals surface area (Å²) in [7, 11) is 1.62. The number of methoxy groups -OCH3 is 1. The van der Waals surface area contributed by atoms with E-state index in [1.165, 1.54) is 6.42 Å². The van der Waals surface area contributed by atoms with Crippen molar-refractivity contribution in [3.05, 3.63) is 29.8 Å². The number of carbonyl (C=O) groups is 1. The monoisotopic (exact) mass is 246 g/mol. The fraction of sp³-hybridized carbons (Fsp3) is 0.562. The molecule has 2 nitrogen and oxygen atoms in total. The first kappa shape index (κ1) is 13.1. The molecule has 1 unspecified atom stereocenters. The Balaban J connectivity index is 2.30. The van der Waals surface area contributed by atoms with Crippen LogP contribution in [0.1, 0.15) is 49.9 Å². The average Bonchev–Trinajstić information content (AvgIpc) is 2.37. The molecular weight excluding hydrogens is 224 g/mol. The first-order valence-corrected chi connectivity index (χ1v) is 6.73. The minimum absolute atomic E-state index is 0.107. The van der Waals surface area contributed by atoms with Gasteiger partial charge in [-0.3, -0.25) is 4.79 Å². The summed E-state index contributed by atoms with van der Waals surface area (Å²) in [4.78, 5) is 12.7. The van der Waals surface area contributed by atoms with Crippen LogP contribution in [0.3, 0.4) is 0 Å². The fourth-order valence-electron chi connectivity index (χ4n) is 3.02. The topological polar surface area (TPSA) is 26.3 Å². The lowest BCUT2D eigenvalue weighted by molar-refractivity contribution is 0.0694. The number of benzene rings is 1. The number of rotatable bonds is 3. The first-order valence-electron chi connectivity index (χ1n) is 6.73. The Bertz CT molecular complexity index is 434. The Hall–Kier alpha value is -1.31. The van der Waals surface area contributed by atoms with Crippen LogP contribution in [0.25, 0.3) is 0 Å². The predicted molar refractivity (Wildman–Crippen MR) is 73.1 cm³/mol. The molecule has 1 aliphatic rings. The number of para-hydroxylation sites is 1. The summed E-state index contributed by atoms with van der Waals surface area (Å²) in [6.07, 6.45) is 4.54. The summed E-state index contributed by atoms with van der Waals surface area (Å²) in [5.74, 6) is 1.07. The van der Waals surface area contributed by atoms with Crippen molar-refractivity contribution in [1.82, 2.24) is 0 Å². The van der Waals surface area contributed by atoms with Crippen LogP contribution in [0.2, 0.25) is 0 Å². The Morgan fingerprint density at radius 2 is 2.00 bits per heavy atom. The molecule has 0 radical (unpaired) electrons. The van der Waals surface area contributed by atoms with Crippen molar-refractivity contribution in [3.63, 3.8) is 0 Å². The zero-order chi connectivity index (χ0) is 13.2. The summed E-state index contributed by atoms with van der Waals surface area (Å²) in [5, 5.41) is 0. The van der Waals surface area contributed by atoms with E-state index in [-0.39, 0.29) is 17.1 Å². The van der Waals surface area contributed by atoms with E-state index in [0.717, 1.165) is 24.8 Å². The van der Waals surface area contributed by atoms with E-state index < -0.39 is 0 Å². The molecule has 2 rings (SSSR count). The van der Waals surface area contributed by atoms with Gasteiger partial charge in [0.2, 0.25) is 0 Å². The van der Waals surface area contributed by atoms with Crippen LogP contribution < -0.4 is 4.74 Å². The molecule has 0 bridgehead atoms. The second-order valence-electron chi connectivity index (χ2n) is 5.85. The summed E-state index contributed by atoms with van der Waals surface area (Å²) in [5.41, 5.74) is 0.843. The molecule has 0 N–H and O–H groups in total. The predicted octanol–water partition coefficient (Wildman–Crippen LogP) is 4.09. The van der Waals surface area contributed by atoms with Gasteiger partial charge in [0, 0.05) is 5.92 Å². The van der Waals surface area contributed by atoms with Crippen molar-refractivity contribution < 1.29 is 9.53 Å². The summed E-state index contributed by atoms with van der Waals surface area (Å²) in [6, 6.07) is 7.56. The average molecular weight is 246 g/mol. The van der Waals surface area contributed by atoms with Gasteiger partial charge in [0.15, 0.2) is 5.78 Å². The molecule has 1 aliphatic carbocycles.